The third-order valence-electron chi connectivity index (χ3n) is 2.47. The van der Waals surface area contributed by atoms with Crippen LogP contribution in [0.1, 0.15) is 10.4 Å². The number of halogens is 1. The summed E-state index contributed by atoms with van der Waals surface area (Å²) < 4.78 is 18.4. The number of carbonyl (C=O) groups excluding carboxylic acids is 1. The van der Waals surface area contributed by atoms with Crippen molar-refractivity contribution in [1.82, 2.24) is 4.98 Å². The maximum Gasteiger partial charge on any atom is 0.174 e. The molecule has 2 rings (SSSR count). The highest BCUT2D eigenvalue weighted by molar-refractivity contribution is 8.00. The van der Waals surface area contributed by atoms with Crippen LogP contribution in [0.5, 0.6) is 5.75 Å². The van der Waals surface area contributed by atoms with Gasteiger partial charge in [0.25, 0.3) is 0 Å². The smallest absolute Gasteiger partial charge is 0.174 e. The molecule has 5 heteroatoms. The Labute approximate surface area is 114 Å². The molecule has 98 valence electrons. The molecule has 0 atom stereocenters. The van der Waals surface area contributed by atoms with Gasteiger partial charge in [-0.2, -0.15) is 0 Å². The average Bonchev–Trinajstić information content (AvgIpc) is 2.46. The molecule has 0 unspecified atom stereocenters. The second-order valence-electron chi connectivity index (χ2n) is 3.76. The summed E-state index contributed by atoms with van der Waals surface area (Å²) in [5, 5.41) is 0. The first-order valence-corrected chi connectivity index (χ1v) is 6.59. The Hall–Kier alpha value is -1.88. The molecule has 0 aliphatic rings. The number of aromatic nitrogens is 1. The standard InChI is InChI=1S/C14H12FNO2S/c1-18-11-6-10(7-16-8-11)13(17)9-19-14-5-3-2-4-12(14)15/h2-8H,9H2,1H3. The minimum absolute atomic E-state index is 0.111. The Morgan fingerprint density at radius 3 is 2.89 bits per heavy atom. The van der Waals surface area contributed by atoms with Crippen molar-refractivity contribution in [3.05, 3.63) is 54.1 Å². The molecule has 0 saturated heterocycles. The fourth-order valence-corrected chi connectivity index (χ4v) is 2.31. The van der Waals surface area contributed by atoms with Gasteiger partial charge in [0.05, 0.1) is 19.1 Å². The molecule has 2 aromatic rings. The predicted octanol–water partition coefficient (Wildman–Crippen LogP) is 3.20. The SMILES string of the molecule is COc1cncc(C(=O)CSc2ccccc2F)c1. The monoisotopic (exact) mass is 277 g/mol. The van der Waals surface area contributed by atoms with E-state index >= 15 is 0 Å². The molecular weight excluding hydrogens is 265 g/mol. The van der Waals surface area contributed by atoms with Crippen LogP contribution in [0.3, 0.4) is 0 Å². The lowest BCUT2D eigenvalue weighted by Crippen LogP contribution is -2.03. The van der Waals surface area contributed by atoms with Gasteiger partial charge in [0.2, 0.25) is 0 Å². The molecule has 19 heavy (non-hydrogen) atoms. The zero-order valence-corrected chi connectivity index (χ0v) is 11.1. The van der Waals surface area contributed by atoms with Gasteiger partial charge in [-0.25, -0.2) is 4.39 Å². The summed E-state index contributed by atoms with van der Waals surface area (Å²) in [5.41, 5.74) is 0.461. The van der Waals surface area contributed by atoms with Crippen LogP contribution < -0.4 is 4.74 Å². The van der Waals surface area contributed by atoms with Crippen LogP contribution in [0.2, 0.25) is 0 Å². The van der Waals surface area contributed by atoms with E-state index < -0.39 is 0 Å². The van der Waals surface area contributed by atoms with Crippen molar-refractivity contribution in [3.8, 4) is 5.75 Å². The minimum Gasteiger partial charge on any atom is -0.495 e. The second kappa shape index (κ2) is 6.33. The number of carbonyl (C=O) groups is 1. The van der Waals surface area contributed by atoms with Crippen molar-refractivity contribution in [2.24, 2.45) is 0 Å². The topological polar surface area (TPSA) is 39.2 Å². The van der Waals surface area contributed by atoms with Gasteiger partial charge in [0.15, 0.2) is 5.78 Å². The van der Waals surface area contributed by atoms with E-state index in [1.165, 1.54) is 37.3 Å². The molecule has 0 saturated carbocycles. The normalized spacial score (nSPS) is 10.2. The van der Waals surface area contributed by atoms with Crippen molar-refractivity contribution in [1.29, 1.82) is 0 Å². The van der Waals surface area contributed by atoms with Crippen molar-refractivity contribution < 1.29 is 13.9 Å². The fourth-order valence-electron chi connectivity index (χ4n) is 1.47. The van der Waals surface area contributed by atoms with E-state index in [9.17, 15) is 9.18 Å². The molecule has 0 aliphatic carbocycles. The Kier molecular flexibility index (Phi) is 4.52. The average molecular weight is 277 g/mol. The number of pyridine rings is 1. The van der Waals surface area contributed by atoms with Crippen LogP contribution in [-0.2, 0) is 0 Å². The summed E-state index contributed by atoms with van der Waals surface area (Å²) in [5.74, 6) is 0.265. The first-order valence-electron chi connectivity index (χ1n) is 5.60. The van der Waals surface area contributed by atoms with Crippen LogP contribution in [-0.4, -0.2) is 23.6 Å². The highest BCUT2D eigenvalue weighted by Gasteiger charge is 2.10. The van der Waals surface area contributed by atoms with Gasteiger partial charge < -0.3 is 4.74 Å². The van der Waals surface area contributed by atoms with Gasteiger partial charge in [-0.15, -0.1) is 11.8 Å². The van der Waals surface area contributed by atoms with Crippen LogP contribution in [0.4, 0.5) is 4.39 Å². The van der Waals surface area contributed by atoms with E-state index in [1.807, 2.05) is 0 Å². The number of rotatable bonds is 5. The van der Waals surface area contributed by atoms with E-state index in [-0.39, 0.29) is 17.4 Å². The first-order chi connectivity index (χ1) is 9.20. The molecule has 0 amide bonds. The number of benzene rings is 1. The number of methoxy groups -OCH3 is 1. The zero-order valence-electron chi connectivity index (χ0n) is 10.3. The summed E-state index contributed by atoms with van der Waals surface area (Å²) in [6.45, 7) is 0. The number of thioether (sulfide) groups is 1. The maximum absolute atomic E-state index is 13.4. The lowest BCUT2D eigenvalue weighted by molar-refractivity contribution is 0.102. The second-order valence-corrected chi connectivity index (χ2v) is 4.77. The Bertz CT molecular complexity index is 589. The lowest BCUT2D eigenvalue weighted by Gasteiger charge is -2.04. The number of hydrogen-bond donors (Lipinski definition) is 0. The fraction of sp³-hybridized carbons (Fsp3) is 0.143. The number of Topliss-reactive ketones (excluding diaryl/α,β-unsaturated/α-hetero) is 1. The first kappa shape index (κ1) is 13.5. The highest BCUT2D eigenvalue weighted by atomic mass is 32.2. The molecule has 0 aliphatic heterocycles. The summed E-state index contributed by atoms with van der Waals surface area (Å²) >= 11 is 1.17. The van der Waals surface area contributed by atoms with E-state index in [2.05, 4.69) is 4.98 Å². The third-order valence-corrected chi connectivity index (χ3v) is 3.51. The maximum atomic E-state index is 13.4. The van der Waals surface area contributed by atoms with E-state index in [1.54, 1.807) is 24.3 Å². The predicted molar refractivity (Wildman–Crippen MR) is 72.2 cm³/mol. The van der Waals surface area contributed by atoms with Crippen molar-refractivity contribution in [2.75, 3.05) is 12.9 Å². The van der Waals surface area contributed by atoms with Crippen LogP contribution in [0.25, 0.3) is 0 Å². The Morgan fingerprint density at radius 1 is 1.37 bits per heavy atom. The van der Waals surface area contributed by atoms with Gasteiger partial charge in [0.1, 0.15) is 11.6 Å². The van der Waals surface area contributed by atoms with Crippen molar-refractivity contribution in [2.45, 2.75) is 4.90 Å². The van der Waals surface area contributed by atoms with E-state index in [4.69, 9.17) is 4.74 Å². The zero-order chi connectivity index (χ0) is 13.7. The van der Waals surface area contributed by atoms with Crippen LogP contribution in [0.15, 0.2) is 47.6 Å². The Morgan fingerprint density at radius 2 is 2.16 bits per heavy atom. The number of ether oxygens (including phenoxy) is 1. The van der Waals surface area contributed by atoms with Gasteiger partial charge >= 0.3 is 0 Å². The largest absolute Gasteiger partial charge is 0.495 e. The van der Waals surface area contributed by atoms with Crippen molar-refractivity contribution in [3.63, 3.8) is 0 Å². The molecule has 1 heterocycles. The van der Waals surface area contributed by atoms with Gasteiger partial charge in [-0.05, 0) is 18.2 Å². The molecule has 0 radical (unpaired) electrons. The summed E-state index contributed by atoms with van der Waals surface area (Å²) in [6, 6.07) is 8.00. The quantitative estimate of drug-likeness (QED) is 0.621. The molecule has 1 aromatic heterocycles. The molecule has 3 nitrogen and oxygen atoms in total. The number of nitrogens with zero attached hydrogens (tertiary/aromatic N) is 1. The number of hydrogen-bond acceptors (Lipinski definition) is 4. The molecule has 0 spiro atoms. The summed E-state index contributed by atoms with van der Waals surface area (Å²) in [4.78, 5) is 16.3. The van der Waals surface area contributed by atoms with Gasteiger partial charge in [-0.3, -0.25) is 9.78 Å². The molecule has 0 fully saturated rings. The molecule has 1 aromatic carbocycles. The Balaban J connectivity index is 2.03. The number of ketones is 1. The lowest BCUT2D eigenvalue weighted by atomic mass is 10.2. The summed E-state index contributed by atoms with van der Waals surface area (Å²) in [7, 11) is 1.51. The van der Waals surface area contributed by atoms with Crippen LogP contribution in [0, 0.1) is 5.82 Å². The van der Waals surface area contributed by atoms with Gasteiger partial charge in [0, 0.05) is 16.7 Å². The molecule has 0 N–H and O–H groups in total. The van der Waals surface area contributed by atoms with Crippen LogP contribution >= 0.6 is 11.8 Å². The van der Waals surface area contributed by atoms with E-state index in [0.29, 0.717) is 16.2 Å². The highest BCUT2D eigenvalue weighted by Crippen LogP contribution is 2.22. The third kappa shape index (κ3) is 3.54. The molecular formula is C14H12FNO2S. The van der Waals surface area contributed by atoms with E-state index in [0.717, 1.165) is 0 Å². The van der Waals surface area contributed by atoms with Crippen molar-refractivity contribution >= 4 is 17.5 Å². The summed E-state index contributed by atoms with van der Waals surface area (Å²) in [6.07, 6.45) is 3.01. The molecule has 0 bridgehead atoms. The minimum atomic E-state index is -0.316. The van der Waals surface area contributed by atoms with Gasteiger partial charge in [-0.1, -0.05) is 12.1 Å².